The minimum atomic E-state index is -4.54. The topological polar surface area (TPSA) is 203 Å². The zero-order chi connectivity index (χ0) is 35.6. The second-order valence-corrected chi connectivity index (χ2v) is 8.71. The number of hydrogen-bond donors (Lipinski definition) is 1. The van der Waals surface area contributed by atoms with Crippen LogP contribution in [0.4, 0.5) is 26.3 Å². The van der Waals surface area contributed by atoms with Crippen molar-refractivity contribution in [2.45, 2.75) is 12.4 Å². The number of rotatable bonds is 5. The molecule has 0 aliphatic carbocycles. The molecule has 5 heterocycles. The molecule has 5 rings (SSSR count). The van der Waals surface area contributed by atoms with Gasteiger partial charge in [-0.2, -0.15) is 36.5 Å². The Morgan fingerprint density at radius 1 is 0.646 bits per heavy atom. The third kappa shape index (κ3) is 9.97. The van der Waals surface area contributed by atoms with E-state index in [0.29, 0.717) is 0 Å². The number of nitrogens with zero attached hydrogens (tertiary/aromatic N) is 10. The van der Waals surface area contributed by atoms with Gasteiger partial charge in [-0.1, -0.05) is 11.6 Å². The molecule has 0 radical (unpaired) electrons. The van der Waals surface area contributed by atoms with Crippen LogP contribution in [-0.4, -0.2) is 86.7 Å². The number of carboxylic acid groups (broad SMARTS) is 1. The molecule has 0 amide bonds. The minimum absolute atomic E-state index is 0.00417. The third-order valence-corrected chi connectivity index (χ3v) is 5.33. The summed E-state index contributed by atoms with van der Waals surface area (Å²) in [7, 11) is 2.46. The average Bonchev–Trinajstić information content (AvgIpc) is 3.77. The minimum Gasteiger partial charge on any atom is -0.476 e. The lowest BCUT2D eigenvalue weighted by Crippen LogP contribution is -2.09. The van der Waals surface area contributed by atoms with Gasteiger partial charge in [0.15, 0.2) is 40.1 Å². The summed E-state index contributed by atoms with van der Waals surface area (Å²) in [5, 5.41) is 15.4. The number of aromatic carboxylic acids is 1. The lowest BCUT2D eigenvalue weighted by atomic mass is 10.4. The largest absolute Gasteiger partial charge is 0.476 e. The lowest BCUT2D eigenvalue weighted by molar-refractivity contribution is -0.142. The quantitative estimate of drug-likeness (QED) is 0.205. The van der Waals surface area contributed by atoms with Crippen LogP contribution >= 0.6 is 11.6 Å². The van der Waals surface area contributed by atoms with Crippen molar-refractivity contribution in [1.29, 1.82) is 0 Å². The molecule has 0 aromatic carbocycles. The Labute approximate surface area is 268 Å². The number of carbonyl (C=O) groups is 3. The maximum Gasteiger partial charge on any atom is 0.435 e. The van der Waals surface area contributed by atoms with Gasteiger partial charge in [-0.3, -0.25) is 0 Å². The van der Waals surface area contributed by atoms with Gasteiger partial charge in [0, 0.05) is 12.4 Å². The van der Waals surface area contributed by atoms with Crippen LogP contribution in [0.5, 0.6) is 0 Å². The molecule has 0 aliphatic heterocycles. The smallest absolute Gasteiger partial charge is 0.435 e. The van der Waals surface area contributed by atoms with E-state index in [1.54, 1.807) is 0 Å². The number of ether oxygens (including phenoxy) is 2. The summed E-state index contributed by atoms with van der Waals surface area (Å²) in [6, 6.07) is 1.60. The molecule has 0 spiro atoms. The van der Waals surface area contributed by atoms with Gasteiger partial charge in [0.25, 0.3) is 0 Å². The molecule has 0 unspecified atom stereocenters. The van der Waals surface area contributed by atoms with Crippen LogP contribution in [0.3, 0.4) is 0 Å². The number of carbonyl (C=O) groups excluding carboxylic acids is 2. The zero-order valence-corrected chi connectivity index (χ0v) is 24.6. The molecule has 1 N–H and O–H groups in total. The summed E-state index contributed by atoms with van der Waals surface area (Å²) in [4.78, 5) is 54.4. The van der Waals surface area contributed by atoms with Crippen molar-refractivity contribution in [3.63, 3.8) is 0 Å². The normalized spacial score (nSPS) is 10.9. The van der Waals surface area contributed by atoms with Crippen molar-refractivity contribution in [1.82, 2.24) is 49.5 Å². The van der Waals surface area contributed by atoms with Gasteiger partial charge in [-0.25, -0.2) is 53.7 Å². The van der Waals surface area contributed by atoms with Crippen LogP contribution in [-0.2, 0) is 21.8 Å². The Morgan fingerprint density at radius 3 is 1.33 bits per heavy atom. The molecule has 48 heavy (non-hydrogen) atoms. The van der Waals surface area contributed by atoms with Crippen molar-refractivity contribution in [3.8, 4) is 11.6 Å². The second-order valence-electron chi connectivity index (χ2n) is 8.32. The molecule has 5 aromatic heterocycles. The Bertz CT molecular complexity index is 1850. The van der Waals surface area contributed by atoms with Gasteiger partial charge in [-0.05, 0) is 12.1 Å². The van der Waals surface area contributed by atoms with Gasteiger partial charge in [0.1, 0.15) is 5.15 Å². The molecule has 252 valence electrons. The third-order valence-electron chi connectivity index (χ3n) is 5.13. The van der Waals surface area contributed by atoms with E-state index in [-0.39, 0.29) is 33.9 Å². The second kappa shape index (κ2) is 15.5. The number of halogens is 7. The molecule has 0 saturated heterocycles. The van der Waals surface area contributed by atoms with Crippen molar-refractivity contribution in [3.05, 3.63) is 95.3 Å². The molecule has 0 fully saturated rings. The first-order valence-electron chi connectivity index (χ1n) is 12.3. The predicted octanol–water partition coefficient (Wildman–Crippen LogP) is 3.76. The molecular formula is C25H17ClF6N10O6. The number of methoxy groups -OCH3 is 2. The summed E-state index contributed by atoms with van der Waals surface area (Å²) in [5.74, 6) is -2.42. The van der Waals surface area contributed by atoms with Crippen LogP contribution in [0.1, 0.15) is 42.9 Å². The first-order chi connectivity index (χ1) is 22.5. The maximum absolute atomic E-state index is 12.4. The molecule has 5 aromatic rings. The van der Waals surface area contributed by atoms with E-state index >= 15 is 0 Å². The van der Waals surface area contributed by atoms with Gasteiger partial charge in [0.2, 0.25) is 0 Å². The fourth-order valence-corrected chi connectivity index (χ4v) is 3.02. The van der Waals surface area contributed by atoms with Crippen molar-refractivity contribution in [2.75, 3.05) is 14.2 Å². The van der Waals surface area contributed by atoms with Gasteiger partial charge in [0.05, 0.1) is 51.4 Å². The highest BCUT2D eigenvalue weighted by Crippen LogP contribution is 2.28. The summed E-state index contributed by atoms with van der Waals surface area (Å²) in [5.41, 5.74) is -2.30. The number of alkyl halides is 6. The standard InChI is InChI=1S/C10H7F3N4O2.C9H5F3N4O2.C6H5ClN2O2/c1-19-9(18)6-4-15-8(5-14-6)17-3-2-7(16-17)10(11,12)13;10-9(11,12)6-1-2-16(15-6)7-4-13-5(3-14-7)8(17)18;1-11-6(10)4-2-9-5(7)3-8-4/h2-5H,1H3;1-4H,(H,17,18);2-3H,1H3. The van der Waals surface area contributed by atoms with Gasteiger partial charge >= 0.3 is 30.3 Å². The monoisotopic (exact) mass is 702 g/mol. The fraction of sp³-hybridized carbons (Fsp3) is 0.160. The first-order valence-corrected chi connectivity index (χ1v) is 12.7. The van der Waals surface area contributed by atoms with E-state index < -0.39 is 41.6 Å². The van der Waals surface area contributed by atoms with Crippen LogP contribution in [0.2, 0.25) is 5.15 Å². The molecule has 0 atom stereocenters. The predicted molar refractivity (Wildman–Crippen MR) is 145 cm³/mol. The molecular weight excluding hydrogens is 686 g/mol. The van der Waals surface area contributed by atoms with E-state index in [4.69, 9.17) is 16.7 Å². The van der Waals surface area contributed by atoms with Crippen LogP contribution in [0, 0.1) is 0 Å². The Morgan fingerprint density at radius 2 is 1.04 bits per heavy atom. The van der Waals surface area contributed by atoms with Crippen LogP contribution in [0.25, 0.3) is 11.6 Å². The number of hydrogen-bond acceptors (Lipinski definition) is 13. The van der Waals surface area contributed by atoms with E-state index in [1.165, 1.54) is 26.6 Å². The number of esters is 2. The Hall–Kier alpha value is -6.06. The molecule has 0 bridgehead atoms. The highest BCUT2D eigenvalue weighted by Gasteiger charge is 2.34. The zero-order valence-electron chi connectivity index (χ0n) is 23.9. The highest BCUT2D eigenvalue weighted by molar-refractivity contribution is 6.29. The highest BCUT2D eigenvalue weighted by atomic mass is 35.5. The van der Waals surface area contributed by atoms with Gasteiger partial charge < -0.3 is 14.6 Å². The summed E-state index contributed by atoms with van der Waals surface area (Å²) < 4.78 is 84.6. The average molecular weight is 703 g/mol. The van der Waals surface area contributed by atoms with Crippen molar-refractivity contribution < 1.29 is 55.3 Å². The SMILES string of the molecule is COC(=O)c1cnc(-n2ccc(C(F)(F)F)n2)cn1.COC(=O)c1cnc(Cl)cn1.O=C(O)c1cnc(-n2ccc(C(F)(F)F)n2)cn1. The molecule has 16 nitrogen and oxygen atoms in total. The first kappa shape index (κ1) is 36.4. The lowest BCUT2D eigenvalue weighted by Gasteiger charge is -2.02. The molecule has 0 saturated carbocycles. The number of aromatic nitrogens is 10. The van der Waals surface area contributed by atoms with Crippen molar-refractivity contribution in [2.24, 2.45) is 0 Å². The van der Waals surface area contributed by atoms with E-state index in [9.17, 15) is 40.7 Å². The van der Waals surface area contributed by atoms with E-state index in [0.717, 1.165) is 58.7 Å². The fourth-order valence-electron chi connectivity index (χ4n) is 2.93. The van der Waals surface area contributed by atoms with Crippen LogP contribution < -0.4 is 0 Å². The molecule has 23 heteroatoms. The Kier molecular flexibility index (Phi) is 11.7. The summed E-state index contributed by atoms with van der Waals surface area (Å²) in [6.45, 7) is 0. The maximum atomic E-state index is 12.4. The van der Waals surface area contributed by atoms with Gasteiger partial charge in [-0.15, -0.1) is 0 Å². The molecule has 0 aliphatic rings. The van der Waals surface area contributed by atoms with Crippen LogP contribution in [0.15, 0.2) is 61.7 Å². The Balaban J connectivity index is 0.000000203. The van der Waals surface area contributed by atoms with E-state index in [2.05, 4.69) is 49.6 Å². The number of carboxylic acids is 1. The summed E-state index contributed by atoms with van der Waals surface area (Å²) in [6.07, 6.45) is -0.178. The van der Waals surface area contributed by atoms with Crippen molar-refractivity contribution >= 4 is 29.5 Å². The van der Waals surface area contributed by atoms with E-state index in [1.807, 2.05) is 0 Å². The summed E-state index contributed by atoms with van der Waals surface area (Å²) >= 11 is 5.43.